The molecule has 0 spiro atoms. The summed E-state index contributed by atoms with van der Waals surface area (Å²) in [6.45, 7) is 5.89. The summed E-state index contributed by atoms with van der Waals surface area (Å²) in [7, 11) is 1.52. The molecule has 4 nitrogen and oxygen atoms in total. The largest absolute Gasteiger partial charge is 0.425 e. The van der Waals surface area contributed by atoms with Gasteiger partial charge in [0.25, 0.3) is 0 Å². The van der Waals surface area contributed by atoms with E-state index >= 15 is 0 Å². The molecule has 2 aliphatic carbocycles. The highest BCUT2D eigenvalue weighted by Crippen LogP contribution is 2.58. The average molecular weight is 278 g/mol. The van der Waals surface area contributed by atoms with E-state index in [2.05, 4.69) is 13.8 Å². The van der Waals surface area contributed by atoms with Crippen LogP contribution in [0.15, 0.2) is 11.1 Å². The van der Waals surface area contributed by atoms with Crippen molar-refractivity contribution in [1.82, 2.24) is 0 Å². The summed E-state index contributed by atoms with van der Waals surface area (Å²) in [6, 6.07) is 0. The number of rotatable bonds is 1. The Morgan fingerprint density at radius 3 is 2.65 bits per heavy atom. The molecule has 0 N–H and O–H groups in total. The topological polar surface area (TPSA) is 52.6 Å². The monoisotopic (exact) mass is 278 g/mol. The lowest BCUT2D eigenvalue weighted by atomic mass is 9.53. The molecule has 3 rings (SSSR count). The molecule has 1 heterocycles. The average Bonchev–Trinajstić information content (AvgIpc) is 2.66. The van der Waals surface area contributed by atoms with E-state index in [-0.39, 0.29) is 17.1 Å². The predicted molar refractivity (Wildman–Crippen MR) is 72.8 cm³/mol. The fraction of sp³-hybridized carbons (Fsp3) is 0.750. The number of hydrogen-bond donors (Lipinski definition) is 0. The maximum absolute atomic E-state index is 13.1. The molecule has 110 valence electrons. The van der Waals surface area contributed by atoms with Gasteiger partial charge in [0.05, 0.1) is 5.57 Å². The van der Waals surface area contributed by atoms with Crippen LogP contribution in [0.2, 0.25) is 0 Å². The second-order valence-corrected chi connectivity index (χ2v) is 6.69. The fourth-order valence-electron chi connectivity index (χ4n) is 4.37. The van der Waals surface area contributed by atoms with E-state index < -0.39 is 11.8 Å². The van der Waals surface area contributed by atoms with Gasteiger partial charge in [-0.2, -0.15) is 0 Å². The van der Waals surface area contributed by atoms with Crippen LogP contribution in [0.1, 0.15) is 46.5 Å². The summed E-state index contributed by atoms with van der Waals surface area (Å²) >= 11 is 0. The van der Waals surface area contributed by atoms with Gasteiger partial charge in [0.1, 0.15) is 0 Å². The van der Waals surface area contributed by atoms with E-state index in [0.29, 0.717) is 23.5 Å². The number of fused-ring (bicyclic) bond motifs is 2. The van der Waals surface area contributed by atoms with Crippen LogP contribution in [0.25, 0.3) is 0 Å². The Kier molecular flexibility index (Phi) is 2.88. The number of carbonyl (C=O) groups excluding carboxylic acids is 2. The Hall–Kier alpha value is -1.16. The van der Waals surface area contributed by atoms with Gasteiger partial charge in [-0.25, -0.2) is 4.79 Å². The van der Waals surface area contributed by atoms with Gasteiger partial charge in [0, 0.05) is 24.5 Å². The van der Waals surface area contributed by atoms with Gasteiger partial charge >= 0.3 is 5.97 Å². The Labute approximate surface area is 119 Å². The Balaban J connectivity index is 2.15. The van der Waals surface area contributed by atoms with E-state index in [9.17, 15) is 9.59 Å². The molecule has 0 bridgehead atoms. The van der Waals surface area contributed by atoms with Gasteiger partial charge in [-0.3, -0.25) is 4.79 Å². The maximum atomic E-state index is 13.1. The van der Waals surface area contributed by atoms with Crippen LogP contribution in [-0.4, -0.2) is 24.6 Å². The molecule has 0 aromatic rings. The van der Waals surface area contributed by atoms with Crippen LogP contribution >= 0.6 is 0 Å². The van der Waals surface area contributed by atoms with E-state index in [0.717, 1.165) is 19.3 Å². The van der Waals surface area contributed by atoms with Crippen molar-refractivity contribution in [2.75, 3.05) is 7.11 Å². The Morgan fingerprint density at radius 2 is 2.00 bits per heavy atom. The summed E-state index contributed by atoms with van der Waals surface area (Å²) in [5, 5.41) is 0. The molecule has 4 unspecified atom stereocenters. The van der Waals surface area contributed by atoms with Crippen molar-refractivity contribution in [3.05, 3.63) is 11.1 Å². The molecular weight excluding hydrogens is 256 g/mol. The number of methoxy groups -OCH3 is 1. The van der Waals surface area contributed by atoms with Crippen LogP contribution in [0.4, 0.5) is 0 Å². The highest BCUT2D eigenvalue weighted by atomic mass is 16.7. The molecule has 0 saturated heterocycles. The van der Waals surface area contributed by atoms with Gasteiger partial charge in [-0.1, -0.05) is 20.3 Å². The molecule has 4 atom stereocenters. The Bertz CT molecular complexity index is 521. The first kappa shape index (κ1) is 13.8. The van der Waals surface area contributed by atoms with Crippen molar-refractivity contribution in [2.45, 2.75) is 52.2 Å². The third kappa shape index (κ3) is 1.46. The lowest BCUT2D eigenvalue weighted by Crippen LogP contribution is -2.56. The van der Waals surface area contributed by atoms with Gasteiger partial charge in [0.15, 0.2) is 5.78 Å². The van der Waals surface area contributed by atoms with Gasteiger partial charge in [-0.05, 0) is 31.6 Å². The number of Topliss-reactive ketones (excluding diaryl/α,β-unsaturated/α-hetero) is 1. The number of ether oxygens (including phenoxy) is 2. The smallest absolute Gasteiger partial charge is 0.337 e. The second-order valence-electron chi connectivity index (χ2n) is 6.69. The fourth-order valence-corrected chi connectivity index (χ4v) is 4.37. The Morgan fingerprint density at radius 1 is 1.30 bits per heavy atom. The van der Waals surface area contributed by atoms with Crippen molar-refractivity contribution >= 4 is 11.8 Å². The standard InChI is InChI=1S/C16H22O4/c1-9-6-5-7-11-8-16(19-4)12(10(2)14(18)20-16)13(17)15(9,11)3/h9,11H,5-8H2,1-4H3. The molecule has 4 heteroatoms. The lowest BCUT2D eigenvalue weighted by Gasteiger charge is -2.52. The SMILES string of the molecule is COC12CC3CCCC(C)C3(C)C(=O)C1=C(C)C(=O)O2. The third-order valence-electron chi connectivity index (χ3n) is 5.94. The van der Waals surface area contributed by atoms with Crippen molar-refractivity contribution < 1.29 is 19.1 Å². The quantitative estimate of drug-likeness (QED) is 0.692. The summed E-state index contributed by atoms with van der Waals surface area (Å²) < 4.78 is 11.0. The lowest BCUT2D eigenvalue weighted by molar-refractivity contribution is -0.214. The number of carbonyl (C=O) groups is 2. The van der Waals surface area contributed by atoms with E-state index in [1.807, 2.05) is 0 Å². The van der Waals surface area contributed by atoms with Crippen LogP contribution < -0.4 is 0 Å². The third-order valence-corrected chi connectivity index (χ3v) is 5.94. The maximum Gasteiger partial charge on any atom is 0.337 e. The van der Waals surface area contributed by atoms with E-state index in [4.69, 9.17) is 9.47 Å². The second kappa shape index (κ2) is 4.17. The van der Waals surface area contributed by atoms with Crippen LogP contribution in [0.5, 0.6) is 0 Å². The first-order valence-electron chi connectivity index (χ1n) is 7.41. The summed E-state index contributed by atoms with van der Waals surface area (Å²) in [5.41, 5.74) is 0.511. The van der Waals surface area contributed by atoms with Crippen LogP contribution in [-0.2, 0) is 19.1 Å². The highest BCUT2D eigenvalue weighted by Gasteiger charge is 2.63. The molecule has 2 saturated carbocycles. The molecule has 3 aliphatic rings. The van der Waals surface area contributed by atoms with Crippen LogP contribution in [0, 0.1) is 17.3 Å². The minimum atomic E-state index is -1.13. The first-order valence-corrected chi connectivity index (χ1v) is 7.41. The zero-order valence-electron chi connectivity index (χ0n) is 12.6. The number of esters is 1. The minimum absolute atomic E-state index is 0.0613. The highest BCUT2D eigenvalue weighted by molar-refractivity contribution is 6.11. The molecule has 20 heavy (non-hydrogen) atoms. The van der Waals surface area contributed by atoms with Crippen molar-refractivity contribution in [2.24, 2.45) is 17.3 Å². The summed E-state index contributed by atoms with van der Waals surface area (Å²) in [4.78, 5) is 25.1. The molecule has 0 aromatic carbocycles. The van der Waals surface area contributed by atoms with Crippen LogP contribution in [0.3, 0.4) is 0 Å². The minimum Gasteiger partial charge on any atom is -0.425 e. The van der Waals surface area contributed by atoms with Gasteiger partial charge < -0.3 is 9.47 Å². The molecule has 1 aliphatic heterocycles. The summed E-state index contributed by atoms with van der Waals surface area (Å²) in [6.07, 6.45) is 3.80. The normalized spacial score (nSPS) is 44.2. The zero-order valence-corrected chi connectivity index (χ0v) is 12.6. The molecule has 0 aromatic heterocycles. The summed E-state index contributed by atoms with van der Waals surface area (Å²) in [5.74, 6) is -0.920. The number of hydrogen-bond acceptors (Lipinski definition) is 4. The molecule has 0 amide bonds. The predicted octanol–water partition coefficient (Wildman–Crippen LogP) is 2.62. The zero-order chi connectivity index (χ0) is 14.7. The van der Waals surface area contributed by atoms with Crippen molar-refractivity contribution in [1.29, 1.82) is 0 Å². The van der Waals surface area contributed by atoms with Gasteiger partial charge in [0.2, 0.25) is 5.79 Å². The molecular formula is C16H22O4. The number of ketones is 1. The first-order chi connectivity index (χ1) is 9.36. The van der Waals surface area contributed by atoms with E-state index in [1.165, 1.54) is 7.11 Å². The van der Waals surface area contributed by atoms with E-state index in [1.54, 1.807) is 6.92 Å². The molecule has 0 radical (unpaired) electrons. The molecule has 2 fully saturated rings. The van der Waals surface area contributed by atoms with Crippen molar-refractivity contribution in [3.63, 3.8) is 0 Å². The van der Waals surface area contributed by atoms with Crippen molar-refractivity contribution in [3.8, 4) is 0 Å². The van der Waals surface area contributed by atoms with Gasteiger partial charge in [-0.15, -0.1) is 0 Å².